The molecule has 0 bridgehead atoms. The van der Waals surface area contributed by atoms with Gasteiger partial charge in [0.1, 0.15) is 6.71 Å². The van der Waals surface area contributed by atoms with Gasteiger partial charge in [0.15, 0.2) is 0 Å². The summed E-state index contributed by atoms with van der Waals surface area (Å²) < 4.78 is 0. The molecule has 11 heavy (non-hydrogen) atoms. The minimum atomic E-state index is 0.792. The summed E-state index contributed by atoms with van der Waals surface area (Å²) in [5.74, 6) is 1.09. The standard InChI is InChI=1S/C10H19B/c1-3-9-7-10(9,2)8-11-5-4-6-11/h9H,3-8H2,1-2H3. The van der Waals surface area contributed by atoms with E-state index in [1.807, 2.05) is 0 Å². The Labute approximate surface area is 70.8 Å². The minimum absolute atomic E-state index is 0.792. The highest BCUT2D eigenvalue weighted by Gasteiger charge is 2.50. The van der Waals surface area contributed by atoms with Gasteiger partial charge in [-0.2, -0.15) is 0 Å². The lowest BCUT2D eigenvalue weighted by Gasteiger charge is -2.25. The highest BCUT2D eigenvalue weighted by molar-refractivity contribution is 6.61. The molecule has 1 aliphatic heterocycles. The van der Waals surface area contributed by atoms with Crippen LogP contribution in [0.2, 0.25) is 19.0 Å². The van der Waals surface area contributed by atoms with Crippen molar-refractivity contribution in [1.29, 1.82) is 0 Å². The summed E-state index contributed by atoms with van der Waals surface area (Å²) in [6.07, 6.45) is 9.07. The maximum Gasteiger partial charge on any atom is 0.140 e. The summed E-state index contributed by atoms with van der Waals surface area (Å²) in [6, 6.07) is 0. The van der Waals surface area contributed by atoms with Crippen LogP contribution >= 0.6 is 0 Å². The first kappa shape index (κ1) is 7.70. The molecule has 0 aromatic heterocycles. The molecule has 0 radical (unpaired) electrons. The third kappa shape index (κ3) is 1.34. The predicted molar refractivity (Wildman–Crippen MR) is 51.3 cm³/mol. The lowest BCUT2D eigenvalue weighted by Crippen LogP contribution is -2.24. The molecule has 2 fully saturated rings. The maximum atomic E-state index is 2.50. The van der Waals surface area contributed by atoms with Crippen LogP contribution < -0.4 is 0 Å². The van der Waals surface area contributed by atoms with Crippen LogP contribution in [-0.4, -0.2) is 6.71 Å². The average molecular weight is 150 g/mol. The van der Waals surface area contributed by atoms with Gasteiger partial charge in [-0.25, -0.2) is 0 Å². The fourth-order valence-corrected chi connectivity index (χ4v) is 2.75. The van der Waals surface area contributed by atoms with Crippen molar-refractivity contribution in [3.05, 3.63) is 0 Å². The Kier molecular flexibility index (Phi) is 1.77. The molecular formula is C10H19B. The highest BCUT2D eigenvalue weighted by atomic mass is 14.5. The van der Waals surface area contributed by atoms with Crippen molar-refractivity contribution in [2.24, 2.45) is 11.3 Å². The van der Waals surface area contributed by atoms with E-state index in [0.29, 0.717) is 0 Å². The molecule has 2 unspecified atom stereocenters. The Morgan fingerprint density at radius 2 is 2.18 bits per heavy atom. The molecule has 2 rings (SSSR count). The van der Waals surface area contributed by atoms with Crippen LogP contribution in [0.25, 0.3) is 0 Å². The van der Waals surface area contributed by atoms with Gasteiger partial charge in [0.2, 0.25) is 0 Å². The number of rotatable bonds is 3. The Balaban J connectivity index is 1.77. The zero-order valence-corrected chi connectivity index (χ0v) is 7.90. The van der Waals surface area contributed by atoms with Crippen molar-refractivity contribution in [1.82, 2.24) is 0 Å². The third-order valence-electron chi connectivity index (χ3n) is 4.01. The van der Waals surface area contributed by atoms with Gasteiger partial charge in [-0.3, -0.25) is 0 Å². The summed E-state index contributed by atoms with van der Waals surface area (Å²) >= 11 is 0. The zero-order chi connectivity index (χ0) is 7.90. The summed E-state index contributed by atoms with van der Waals surface area (Å²) in [5.41, 5.74) is 0.792. The van der Waals surface area contributed by atoms with E-state index in [9.17, 15) is 0 Å². The van der Waals surface area contributed by atoms with Gasteiger partial charge in [0, 0.05) is 0 Å². The molecule has 0 aromatic rings. The topological polar surface area (TPSA) is 0 Å². The van der Waals surface area contributed by atoms with Crippen LogP contribution in [0.3, 0.4) is 0 Å². The molecule has 1 saturated heterocycles. The van der Waals surface area contributed by atoms with Crippen LogP contribution in [0.5, 0.6) is 0 Å². The second kappa shape index (κ2) is 2.53. The first-order valence-electron chi connectivity index (χ1n) is 5.24. The average Bonchev–Trinajstić information content (AvgIpc) is 2.55. The zero-order valence-electron chi connectivity index (χ0n) is 7.90. The second-order valence-corrected chi connectivity index (χ2v) is 4.96. The quantitative estimate of drug-likeness (QED) is 0.541. The normalized spacial score (nSPS) is 42.0. The predicted octanol–water partition coefficient (Wildman–Crippen LogP) is 3.32. The smallest absolute Gasteiger partial charge is 0.0748 e. The largest absolute Gasteiger partial charge is 0.140 e. The van der Waals surface area contributed by atoms with E-state index < -0.39 is 0 Å². The van der Waals surface area contributed by atoms with E-state index in [1.54, 1.807) is 6.32 Å². The lowest BCUT2D eigenvalue weighted by molar-refractivity contribution is 0.538. The van der Waals surface area contributed by atoms with E-state index in [2.05, 4.69) is 13.8 Å². The second-order valence-electron chi connectivity index (χ2n) is 4.96. The van der Waals surface area contributed by atoms with Crippen molar-refractivity contribution < 1.29 is 0 Å². The first-order chi connectivity index (χ1) is 5.24. The van der Waals surface area contributed by atoms with Crippen LogP contribution in [0.15, 0.2) is 0 Å². The first-order valence-corrected chi connectivity index (χ1v) is 5.24. The maximum absolute atomic E-state index is 2.50. The molecular weight excluding hydrogens is 131 g/mol. The molecule has 0 aromatic carbocycles. The third-order valence-corrected chi connectivity index (χ3v) is 4.01. The molecule has 0 N–H and O–H groups in total. The van der Waals surface area contributed by atoms with Crippen LogP contribution in [0, 0.1) is 11.3 Å². The highest BCUT2D eigenvalue weighted by Crippen LogP contribution is 2.58. The van der Waals surface area contributed by atoms with Gasteiger partial charge < -0.3 is 0 Å². The molecule has 1 heteroatoms. The van der Waals surface area contributed by atoms with E-state index in [4.69, 9.17) is 0 Å². The molecule has 2 atom stereocenters. The van der Waals surface area contributed by atoms with Crippen LogP contribution in [0.1, 0.15) is 33.1 Å². The molecule has 1 aliphatic carbocycles. The fraction of sp³-hybridized carbons (Fsp3) is 1.00. The van der Waals surface area contributed by atoms with Crippen molar-refractivity contribution >= 4 is 6.71 Å². The van der Waals surface area contributed by atoms with Gasteiger partial charge in [0.05, 0.1) is 0 Å². The van der Waals surface area contributed by atoms with Gasteiger partial charge in [-0.05, 0) is 17.8 Å². The van der Waals surface area contributed by atoms with E-state index in [-0.39, 0.29) is 0 Å². The van der Waals surface area contributed by atoms with Crippen molar-refractivity contribution in [3.8, 4) is 0 Å². The molecule has 1 heterocycles. The molecule has 62 valence electrons. The van der Waals surface area contributed by atoms with Crippen LogP contribution in [-0.2, 0) is 0 Å². The van der Waals surface area contributed by atoms with Gasteiger partial charge >= 0.3 is 0 Å². The van der Waals surface area contributed by atoms with Crippen molar-refractivity contribution in [3.63, 3.8) is 0 Å². The summed E-state index contributed by atoms with van der Waals surface area (Å²) in [4.78, 5) is 0. The van der Waals surface area contributed by atoms with Gasteiger partial charge in [-0.1, -0.05) is 45.6 Å². The molecule has 2 aliphatic rings. The van der Waals surface area contributed by atoms with Gasteiger partial charge in [0.25, 0.3) is 0 Å². The summed E-state index contributed by atoms with van der Waals surface area (Å²) in [7, 11) is 0. The minimum Gasteiger partial charge on any atom is -0.0748 e. The Hall–Kier alpha value is 0.0649. The van der Waals surface area contributed by atoms with Crippen molar-refractivity contribution in [2.45, 2.75) is 52.1 Å². The molecule has 0 nitrogen and oxygen atoms in total. The van der Waals surface area contributed by atoms with E-state index in [1.165, 1.54) is 31.9 Å². The fourth-order valence-electron chi connectivity index (χ4n) is 2.75. The molecule has 1 saturated carbocycles. The Morgan fingerprint density at radius 3 is 2.55 bits per heavy atom. The Bertz CT molecular complexity index is 151. The van der Waals surface area contributed by atoms with Crippen LogP contribution in [0.4, 0.5) is 0 Å². The molecule has 0 spiro atoms. The SMILES string of the molecule is CCC1CC1(C)CB1CCC1. The van der Waals surface area contributed by atoms with Gasteiger partial charge in [-0.15, -0.1) is 0 Å². The Morgan fingerprint density at radius 1 is 1.45 bits per heavy atom. The monoisotopic (exact) mass is 150 g/mol. The number of hydrogen-bond donors (Lipinski definition) is 0. The number of hydrogen-bond acceptors (Lipinski definition) is 0. The van der Waals surface area contributed by atoms with E-state index >= 15 is 0 Å². The molecule has 0 amide bonds. The summed E-state index contributed by atoms with van der Waals surface area (Å²) in [5, 5.41) is 0. The summed E-state index contributed by atoms with van der Waals surface area (Å²) in [6.45, 7) is 5.97. The van der Waals surface area contributed by atoms with Crippen molar-refractivity contribution in [2.75, 3.05) is 0 Å². The van der Waals surface area contributed by atoms with E-state index in [0.717, 1.165) is 18.0 Å². The lowest BCUT2D eigenvalue weighted by atomic mass is 9.32.